The van der Waals surface area contributed by atoms with Crippen LogP contribution in [0.5, 0.6) is 0 Å². The van der Waals surface area contributed by atoms with E-state index in [2.05, 4.69) is 18.8 Å². The number of hydrogen-bond acceptors (Lipinski definition) is 3. The van der Waals surface area contributed by atoms with E-state index in [-0.39, 0.29) is 5.92 Å². The molecule has 0 aromatic carbocycles. The number of nitrogen functional groups attached to an aromatic ring is 1. The molecule has 2 N–H and O–H groups in total. The second kappa shape index (κ2) is 3.01. The highest BCUT2D eigenvalue weighted by atomic mass is 32.1. The molecule has 1 aromatic heterocycles. The van der Waals surface area contributed by atoms with Gasteiger partial charge in [0, 0.05) is 5.38 Å². The van der Waals surface area contributed by atoms with Crippen LogP contribution in [-0.2, 0) is 6.42 Å². The Kier molecular flexibility index (Phi) is 2.27. The molecule has 10 heavy (non-hydrogen) atoms. The number of nitrogens with zero attached hydrogens (tertiary/aromatic N) is 1. The molecule has 54 valence electrons. The van der Waals surface area contributed by atoms with E-state index in [4.69, 9.17) is 5.73 Å². The van der Waals surface area contributed by atoms with Gasteiger partial charge >= 0.3 is 0 Å². The standard InChI is InChI=1S/C7H10N2S/c1-5(2)3-6-4-10-7(8)9-6/h4-5H,1-3H2,(H2,8,9). The topological polar surface area (TPSA) is 38.9 Å². The van der Waals surface area contributed by atoms with E-state index in [0.717, 1.165) is 12.1 Å². The summed E-state index contributed by atoms with van der Waals surface area (Å²) in [6.45, 7) is 7.51. The molecule has 0 aliphatic carbocycles. The average molecular weight is 154 g/mol. The molecule has 0 bridgehead atoms. The number of rotatable bonds is 2. The van der Waals surface area contributed by atoms with E-state index in [1.54, 1.807) is 0 Å². The van der Waals surface area contributed by atoms with Crippen LogP contribution in [0.15, 0.2) is 5.38 Å². The molecule has 0 fully saturated rings. The fourth-order valence-corrected chi connectivity index (χ4v) is 1.29. The van der Waals surface area contributed by atoms with Crippen LogP contribution < -0.4 is 5.73 Å². The van der Waals surface area contributed by atoms with Gasteiger partial charge in [-0.1, -0.05) is 0 Å². The summed E-state index contributed by atoms with van der Waals surface area (Å²) in [6, 6.07) is 0. The van der Waals surface area contributed by atoms with Crippen molar-refractivity contribution in [2.45, 2.75) is 6.42 Å². The van der Waals surface area contributed by atoms with Crippen molar-refractivity contribution in [1.82, 2.24) is 4.98 Å². The fraction of sp³-hybridized carbons (Fsp3) is 0.286. The van der Waals surface area contributed by atoms with Gasteiger partial charge < -0.3 is 5.73 Å². The second-order valence-corrected chi connectivity index (χ2v) is 3.14. The van der Waals surface area contributed by atoms with E-state index in [1.165, 1.54) is 11.3 Å². The van der Waals surface area contributed by atoms with Gasteiger partial charge in [0.05, 0.1) is 5.69 Å². The third-order valence-corrected chi connectivity index (χ3v) is 1.79. The molecule has 0 unspecified atom stereocenters. The summed E-state index contributed by atoms with van der Waals surface area (Å²) in [6.07, 6.45) is 0.813. The third-order valence-electron chi connectivity index (χ3n) is 1.07. The average Bonchev–Trinajstić information content (AvgIpc) is 2.13. The first-order valence-corrected chi connectivity index (χ1v) is 3.92. The second-order valence-electron chi connectivity index (χ2n) is 2.25. The predicted octanol–water partition coefficient (Wildman–Crippen LogP) is 1.55. The Morgan fingerprint density at radius 1 is 1.70 bits per heavy atom. The number of anilines is 1. The van der Waals surface area contributed by atoms with Crippen molar-refractivity contribution in [3.05, 3.63) is 24.9 Å². The Morgan fingerprint density at radius 3 is 2.80 bits per heavy atom. The van der Waals surface area contributed by atoms with Crippen molar-refractivity contribution in [2.75, 3.05) is 5.73 Å². The summed E-state index contributed by atoms with van der Waals surface area (Å²) in [7, 11) is 0. The molecule has 2 radical (unpaired) electrons. The molecule has 3 heteroatoms. The number of aromatic nitrogens is 1. The molecule has 0 saturated heterocycles. The van der Waals surface area contributed by atoms with E-state index >= 15 is 0 Å². The van der Waals surface area contributed by atoms with Gasteiger partial charge in [0.15, 0.2) is 5.13 Å². The molecule has 0 aliphatic rings. The molecular formula is C7H10N2S. The molecule has 0 amide bonds. The van der Waals surface area contributed by atoms with Gasteiger partial charge in [0.2, 0.25) is 0 Å². The number of hydrogen-bond donors (Lipinski definition) is 1. The first-order valence-electron chi connectivity index (χ1n) is 3.04. The highest BCUT2D eigenvalue weighted by Gasteiger charge is 2.00. The number of thiazole rings is 1. The fourth-order valence-electron chi connectivity index (χ4n) is 0.712. The Labute approximate surface area is 65.1 Å². The molecule has 0 atom stereocenters. The molecule has 0 spiro atoms. The smallest absolute Gasteiger partial charge is 0.180 e. The lowest BCUT2D eigenvalue weighted by Gasteiger charge is -1.97. The Morgan fingerprint density at radius 2 is 2.40 bits per heavy atom. The summed E-state index contributed by atoms with van der Waals surface area (Å²) < 4.78 is 0. The predicted molar refractivity (Wildman–Crippen MR) is 44.4 cm³/mol. The molecule has 1 aromatic rings. The Balaban J connectivity index is 2.58. The van der Waals surface area contributed by atoms with Gasteiger partial charge in [-0.2, -0.15) is 0 Å². The van der Waals surface area contributed by atoms with Crippen molar-refractivity contribution >= 4 is 16.5 Å². The molecule has 1 heterocycles. The van der Waals surface area contributed by atoms with Gasteiger partial charge in [-0.05, 0) is 26.2 Å². The summed E-state index contributed by atoms with van der Waals surface area (Å²) in [5.74, 6) is 0.168. The maximum Gasteiger partial charge on any atom is 0.180 e. The maximum absolute atomic E-state index is 5.42. The van der Waals surface area contributed by atoms with Gasteiger partial charge in [0.1, 0.15) is 0 Å². The van der Waals surface area contributed by atoms with Crippen molar-refractivity contribution in [1.29, 1.82) is 0 Å². The van der Waals surface area contributed by atoms with Crippen LogP contribution in [0.1, 0.15) is 5.69 Å². The van der Waals surface area contributed by atoms with Crippen LogP contribution in [0.2, 0.25) is 0 Å². The molecular weight excluding hydrogens is 144 g/mol. The minimum atomic E-state index is 0.168. The van der Waals surface area contributed by atoms with Gasteiger partial charge in [-0.15, -0.1) is 11.3 Å². The summed E-state index contributed by atoms with van der Waals surface area (Å²) >= 11 is 1.46. The minimum Gasteiger partial charge on any atom is -0.375 e. The van der Waals surface area contributed by atoms with Crippen molar-refractivity contribution in [3.63, 3.8) is 0 Å². The summed E-state index contributed by atoms with van der Waals surface area (Å²) in [5, 5.41) is 2.56. The Hall–Kier alpha value is -0.570. The maximum atomic E-state index is 5.42. The summed E-state index contributed by atoms with van der Waals surface area (Å²) in [4.78, 5) is 4.07. The normalized spacial score (nSPS) is 10.7. The van der Waals surface area contributed by atoms with E-state index in [0.29, 0.717) is 5.13 Å². The van der Waals surface area contributed by atoms with Crippen LogP contribution in [0.4, 0.5) is 5.13 Å². The third kappa shape index (κ3) is 1.99. The monoisotopic (exact) mass is 154 g/mol. The van der Waals surface area contributed by atoms with Crippen LogP contribution in [-0.4, -0.2) is 4.98 Å². The first-order chi connectivity index (χ1) is 4.68. The van der Waals surface area contributed by atoms with Crippen LogP contribution in [0.25, 0.3) is 0 Å². The minimum absolute atomic E-state index is 0.168. The zero-order chi connectivity index (χ0) is 7.56. The van der Waals surface area contributed by atoms with Crippen LogP contribution in [0, 0.1) is 19.8 Å². The molecule has 0 aliphatic heterocycles. The van der Waals surface area contributed by atoms with Crippen molar-refractivity contribution < 1.29 is 0 Å². The quantitative estimate of drug-likeness (QED) is 0.702. The number of nitrogens with two attached hydrogens (primary N) is 1. The van der Waals surface area contributed by atoms with E-state index in [1.807, 2.05) is 5.38 Å². The molecule has 0 saturated carbocycles. The zero-order valence-electron chi connectivity index (χ0n) is 5.71. The largest absolute Gasteiger partial charge is 0.375 e. The van der Waals surface area contributed by atoms with Gasteiger partial charge in [-0.3, -0.25) is 0 Å². The molecule has 1 rings (SSSR count). The highest BCUT2D eigenvalue weighted by molar-refractivity contribution is 7.13. The molecule has 2 nitrogen and oxygen atoms in total. The Bertz CT molecular complexity index is 205. The summed E-state index contributed by atoms with van der Waals surface area (Å²) in [5.41, 5.74) is 6.42. The van der Waals surface area contributed by atoms with Crippen molar-refractivity contribution in [2.24, 2.45) is 5.92 Å². The first kappa shape index (κ1) is 7.54. The van der Waals surface area contributed by atoms with Gasteiger partial charge in [-0.25, -0.2) is 4.98 Å². The lowest BCUT2D eigenvalue weighted by atomic mass is 10.1. The van der Waals surface area contributed by atoms with Gasteiger partial charge in [0.25, 0.3) is 0 Å². The zero-order valence-corrected chi connectivity index (χ0v) is 6.53. The van der Waals surface area contributed by atoms with E-state index < -0.39 is 0 Å². The highest BCUT2D eigenvalue weighted by Crippen LogP contribution is 2.13. The van der Waals surface area contributed by atoms with Crippen molar-refractivity contribution in [3.8, 4) is 0 Å². The van der Waals surface area contributed by atoms with Crippen LogP contribution in [0.3, 0.4) is 0 Å². The SMILES string of the molecule is [CH2]C([CH2])Cc1csc(N)n1. The lowest BCUT2D eigenvalue weighted by molar-refractivity contribution is 0.779. The lowest BCUT2D eigenvalue weighted by Crippen LogP contribution is -1.95. The van der Waals surface area contributed by atoms with E-state index in [9.17, 15) is 0 Å². The van der Waals surface area contributed by atoms with Crippen LogP contribution >= 0.6 is 11.3 Å².